The lowest BCUT2D eigenvalue weighted by molar-refractivity contribution is -0.272. The van der Waals surface area contributed by atoms with E-state index in [1.165, 1.54) is 24.0 Å². The number of aliphatic hydroxyl groups is 1. The molecule has 10 heteroatoms. The van der Waals surface area contributed by atoms with Crippen LogP contribution in [0.1, 0.15) is 24.7 Å². The molecule has 3 N–H and O–H groups in total. The van der Waals surface area contributed by atoms with Crippen LogP contribution in [0.2, 0.25) is 0 Å². The smallest absolute Gasteiger partial charge is 0.374 e. The zero-order valence-electron chi connectivity index (χ0n) is 14.5. The van der Waals surface area contributed by atoms with Gasteiger partial charge in [0.05, 0.1) is 6.54 Å². The van der Waals surface area contributed by atoms with Crippen LogP contribution in [0, 0.1) is 0 Å². The van der Waals surface area contributed by atoms with E-state index in [1.54, 1.807) is 11.3 Å². The molecular weight excluding hydrogens is 367 g/mol. The Balaban J connectivity index is 2.05. The molecular formula is C16H22F3N5OS. The van der Waals surface area contributed by atoms with Gasteiger partial charge in [0, 0.05) is 39.0 Å². The van der Waals surface area contributed by atoms with E-state index >= 15 is 0 Å². The maximum Gasteiger partial charge on any atom is 0.424 e. The number of nitrogens with one attached hydrogen (secondary N) is 2. The first-order valence-corrected chi connectivity index (χ1v) is 9.02. The van der Waals surface area contributed by atoms with Crippen LogP contribution in [0.4, 0.5) is 13.2 Å². The van der Waals surface area contributed by atoms with Crippen molar-refractivity contribution >= 4 is 17.3 Å². The molecule has 26 heavy (non-hydrogen) atoms. The lowest BCUT2D eigenvalue weighted by Crippen LogP contribution is -2.47. The summed E-state index contributed by atoms with van der Waals surface area (Å²) in [5.74, 6) is -0.0462. The van der Waals surface area contributed by atoms with E-state index in [-0.39, 0.29) is 6.54 Å². The van der Waals surface area contributed by atoms with E-state index in [9.17, 15) is 18.3 Å². The Morgan fingerprint density at radius 3 is 2.69 bits per heavy atom. The van der Waals surface area contributed by atoms with Crippen molar-refractivity contribution in [1.29, 1.82) is 0 Å². The highest BCUT2D eigenvalue weighted by Crippen LogP contribution is 2.40. The standard InChI is InChI=1S/C16H22F3N5OS/c1-3-20-14(23-10-12-4-9-26-11-12)22-6-5-15(25,16(17,18)19)13-21-7-8-24(13)2/h4,7-9,11,25H,3,5-6,10H2,1-2H3,(H2,20,22,23). The van der Waals surface area contributed by atoms with Crippen LogP contribution < -0.4 is 10.6 Å². The lowest BCUT2D eigenvalue weighted by atomic mass is 9.97. The fraction of sp³-hybridized carbons (Fsp3) is 0.500. The minimum atomic E-state index is -4.85. The Bertz CT molecular complexity index is 714. The van der Waals surface area contributed by atoms with Gasteiger partial charge in [-0.25, -0.2) is 9.98 Å². The molecule has 6 nitrogen and oxygen atoms in total. The summed E-state index contributed by atoms with van der Waals surface area (Å²) in [4.78, 5) is 8.01. The van der Waals surface area contributed by atoms with Gasteiger partial charge in [-0.05, 0) is 29.3 Å². The Kier molecular flexibility index (Phi) is 6.65. The zero-order chi connectivity index (χ0) is 19.2. The predicted molar refractivity (Wildman–Crippen MR) is 94.9 cm³/mol. The highest BCUT2D eigenvalue weighted by molar-refractivity contribution is 7.07. The monoisotopic (exact) mass is 389 g/mol. The fourth-order valence-electron chi connectivity index (χ4n) is 2.40. The Morgan fingerprint density at radius 2 is 2.15 bits per heavy atom. The number of aromatic nitrogens is 2. The highest BCUT2D eigenvalue weighted by atomic mass is 32.1. The Hall–Kier alpha value is -2.07. The van der Waals surface area contributed by atoms with Gasteiger partial charge in [0.15, 0.2) is 5.96 Å². The fourth-order valence-corrected chi connectivity index (χ4v) is 3.06. The quantitative estimate of drug-likeness (QED) is 0.502. The van der Waals surface area contributed by atoms with Crippen molar-refractivity contribution in [2.45, 2.75) is 31.7 Å². The number of aryl methyl sites for hydroxylation is 1. The highest BCUT2D eigenvalue weighted by Gasteiger charge is 2.57. The number of alkyl halides is 3. The maximum atomic E-state index is 13.5. The summed E-state index contributed by atoms with van der Waals surface area (Å²) < 4.78 is 41.6. The van der Waals surface area contributed by atoms with Crippen LogP contribution in [0.25, 0.3) is 0 Å². The zero-order valence-corrected chi connectivity index (χ0v) is 15.4. The molecule has 2 aromatic rings. The van der Waals surface area contributed by atoms with Crippen LogP contribution in [0.3, 0.4) is 0 Å². The summed E-state index contributed by atoms with van der Waals surface area (Å²) in [6.45, 7) is 2.72. The second-order valence-corrected chi connectivity index (χ2v) is 6.50. The molecule has 0 radical (unpaired) electrons. The van der Waals surface area contributed by atoms with E-state index in [4.69, 9.17) is 0 Å². The number of imidazole rings is 1. The van der Waals surface area contributed by atoms with Gasteiger partial charge in [0.1, 0.15) is 5.82 Å². The third-order valence-corrected chi connectivity index (χ3v) is 4.52. The molecule has 0 saturated carbocycles. The van der Waals surface area contributed by atoms with Crippen molar-refractivity contribution in [1.82, 2.24) is 20.2 Å². The summed E-state index contributed by atoms with van der Waals surface area (Å²) in [5.41, 5.74) is -2.02. The van der Waals surface area contributed by atoms with Gasteiger partial charge in [-0.1, -0.05) is 0 Å². The third kappa shape index (κ3) is 4.76. The molecule has 2 aromatic heterocycles. The molecule has 0 aliphatic rings. The molecule has 0 spiro atoms. The number of hydrogen-bond donors (Lipinski definition) is 3. The number of nitrogens with zero attached hydrogens (tertiary/aromatic N) is 3. The average molecular weight is 389 g/mol. The minimum absolute atomic E-state index is 0.127. The number of halogens is 3. The van der Waals surface area contributed by atoms with E-state index < -0.39 is 24.0 Å². The van der Waals surface area contributed by atoms with E-state index in [0.29, 0.717) is 19.0 Å². The van der Waals surface area contributed by atoms with Crippen molar-refractivity contribution in [3.05, 3.63) is 40.6 Å². The molecule has 2 rings (SSSR count). The van der Waals surface area contributed by atoms with E-state index in [2.05, 4.69) is 20.6 Å². The Labute approximate surface area is 153 Å². The topological polar surface area (TPSA) is 74.5 Å². The van der Waals surface area contributed by atoms with Gasteiger partial charge in [-0.2, -0.15) is 24.5 Å². The number of guanidine groups is 1. The van der Waals surface area contributed by atoms with Gasteiger partial charge in [-0.15, -0.1) is 0 Å². The van der Waals surface area contributed by atoms with Crippen molar-refractivity contribution < 1.29 is 18.3 Å². The normalized spacial score (nSPS) is 14.9. The first-order valence-electron chi connectivity index (χ1n) is 8.08. The number of hydrogen-bond acceptors (Lipinski definition) is 4. The molecule has 0 aliphatic heterocycles. The molecule has 144 valence electrons. The van der Waals surface area contributed by atoms with Crippen molar-refractivity contribution in [2.75, 3.05) is 13.1 Å². The minimum Gasteiger partial charge on any atom is -0.374 e. The van der Waals surface area contributed by atoms with Crippen LogP contribution >= 0.6 is 11.3 Å². The van der Waals surface area contributed by atoms with Crippen LogP contribution in [-0.4, -0.2) is 39.9 Å². The second-order valence-electron chi connectivity index (χ2n) is 5.72. The van der Waals surface area contributed by atoms with Crippen LogP contribution in [0.15, 0.2) is 34.2 Å². The average Bonchev–Trinajstić information content (AvgIpc) is 3.22. The maximum absolute atomic E-state index is 13.5. The predicted octanol–water partition coefficient (Wildman–Crippen LogP) is 2.38. The molecule has 1 unspecified atom stereocenters. The third-order valence-electron chi connectivity index (χ3n) is 3.78. The van der Waals surface area contributed by atoms with Gasteiger partial charge in [0.2, 0.25) is 5.60 Å². The van der Waals surface area contributed by atoms with E-state index in [1.807, 2.05) is 23.8 Å². The molecule has 0 aliphatic carbocycles. The molecule has 1 atom stereocenters. The Morgan fingerprint density at radius 1 is 1.38 bits per heavy atom. The van der Waals surface area contributed by atoms with Gasteiger partial charge in [0.25, 0.3) is 0 Å². The number of thiophene rings is 1. The van der Waals surface area contributed by atoms with E-state index in [0.717, 1.165) is 5.56 Å². The van der Waals surface area contributed by atoms with Crippen LogP contribution in [0.5, 0.6) is 0 Å². The van der Waals surface area contributed by atoms with Crippen molar-refractivity contribution in [2.24, 2.45) is 12.0 Å². The number of aliphatic imine (C=N–C) groups is 1. The molecule has 0 amide bonds. The van der Waals surface area contributed by atoms with Crippen molar-refractivity contribution in [3.63, 3.8) is 0 Å². The lowest BCUT2D eigenvalue weighted by Gasteiger charge is -2.30. The first kappa shape index (κ1) is 20.2. The molecule has 0 fully saturated rings. The molecule has 2 heterocycles. The summed E-state index contributed by atoms with van der Waals surface area (Å²) >= 11 is 1.55. The summed E-state index contributed by atoms with van der Waals surface area (Å²) in [6.07, 6.45) is -2.85. The first-order chi connectivity index (χ1) is 12.3. The second kappa shape index (κ2) is 8.54. The largest absolute Gasteiger partial charge is 0.424 e. The van der Waals surface area contributed by atoms with Gasteiger partial charge >= 0.3 is 6.18 Å². The SMILES string of the molecule is CCNC(=NCc1ccsc1)NCCC(O)(c1nccn1C)C(F)(F)F. The molecule has 0 bridgehead atoms. The summed E-state index contributed by atoms with van der Waals surface area (Å²) in [5, 5.41) is 20.0. The number of rotatable bonds is 7. The molecule has 0 saturated heterocycles. The summed E-state index contributed by atoms with van der Waals surface area (Å²) in [7, 11) is 1.42. The van der Waals surface area contributed by atoms with Gasteiger partial charge < -0.3 is 20.3 Å². The summed E-state index contributed by atoms with van der Waals surface area (Å²) in [6, 6.07) is 1.93. The molecule has 0 aromatic carbocycles. The van der Waals surface area contributed by atoms with Gasteiger partial charge in [-0.3, -0.25) is 0 Å². The van der Waals surface area contributed by atoms with Crippen LogP contribution in [-0.2, 0) is 19.2 Å². The van der Waals surface area contributed by atoms with Crippen molar-refractivity contribution in [3.8, 4) is 0 Å².